The number of benzene rings is 1. The van der Waals surface area contributed by atoms with E-state index in [-0.39, 0.29) is 0 Å². The monoisotopic (exact) mass is 269 g/mol. The molecule has 0 bridgehead atoms. The highest BCUT2D eigenvalue weighted by atomic mass is 32.1. The van der Waals surface area contributed by atoms with Crippen LogP contribution in [-0.4, -0.2) is 14.6 Å². The number of fused-ring (bicyclic) bond motifs is 1. The summed E-state index contributed by atoms with van der Waals surface area (Å²) in [6.45, 7) is 4.03. The fourth-order valence-electron chi connectivity index (χ4n) is 2.29. The van der Waals surface area contributed by atoms with Gasteiger partial charge in [0.15, 0.2) is 5.65 Å². The highest BCUT2D eigenvalue weighted by molar-refractivity contribution is 7.71. The molecule has 96 valence electrons. The minimum absolute atomic E-state index is 0.819. The number of hydrogen-bond acceptors (Lipinski definition) is 2. The van der Waals surface area contributed by atoms with Crippen molar-refractivity contribution in [2.75, 3.05) is 0 Å². The van der Waals surface area contributed by atoms with Crippen LogP contribution < -0.4 is 0 Å². The van der Waals surface area contributed by atoms with Gasteiger partial charge in [-0.15, -0.1) is 0 Å². The first kappa shape index (κ1) is 12.1. The molecule has 1 aromatic carbocycles. The van der Waals surface area contributed by atoms with Gasteiger partial charge in [0.05, 0.1) is 0 Å². The smallest absolute Gasteiger partial charge is 0.154 e. The molecular weight excluding hydrogens is 254 g/mol. The molecule has 2 aromatic heterocycles. The molecule has 4 heteroatoms. The number of rotatable bonds is 2. The summed E-state index contributed by atoms with van der Waals surface area (Å²) in [4.78, 5) is 4.62. The second-order valence-corrected chi connectivity index (χ2v) is 5.16. The van der Waals surface area contributed by atoms with Gasteiger partial charge in [0.1, 0.15) is 4.64 Å². The molecule has 0 amide bonds. The lowest BCUT2D eigenvalue weighted by atomic mass is 10.1. The Labute approximate surface area is 116 Å². The van der Waals surface area contributed by atoms with E-state index >= 15 is 0 Å². The van der Waals surface area contributed by atoms with E-state index in [1.165, 1.54) is 5.56 Å². The summed E-state index contributed by atoms with van der Waals surface area (Å²) in [5.74, 6) is 0. The quantitative estimate of drug-likeness (QED) is 0.721. The van der Waals surface area contributed by atoms with Crippen molar-refractivity contribution in [3.05, 3.63) is 63.6 Å². The number of nitrogens with one attached hydrogen (secondary N) is 1. The fraction of sp³-hybridized carbons (Fsp3) is 0.200. The van der Waals surface area contributed by atoms with Gasteiger partial charge >= 0.3 is 0 Å². The van der Waals surface area contributed by atoms with Crippen molar-refractivity contribution in [3.8, 4) is 0 Å². The summed E-state index contributed by atoms with van der Waals surface area (Å²) < 4.78 is 2.70. The summed E-state index contributed by atoms with van der Waals surface area (Å²) in [5.41, 5.74) is 5.32. The lowest BCUT2D eigenvalue weighted by Crippen LogP contribution is -2.03. The number of hydrogen-bond donors (Lipinski definition) is 1. The molecule has 0 aliphatic carbocycles. The van der Waals surface area contributed by atoms with Gasteiger partial charge in [-0.2, -0.15) is 0 Å². The molecule has 0 atom stereocenters. The molecule has 3 rings (SSSR count). The maximum absolute atomic E-state index is 5.59. The Balaban J connectivity index is 2.16. The van der Waals surface area contributed by atoms with Gasteiger partial charge < -0.3 is 0 Å². The van der Waals surface area contributed by atoms with Crippen LogP contribution in [0.4, 0.5) is 0 Å². The van der Waals surface area contributed by atoms with E-state index in [9.17, 15) is 0 Å². The largest absolute Gasteiger partial charge is 0.296 e. The SMILES string of the molecule is Cc1cc2nc(C)c(Cc3ccccc3)c(=S)n2[nH]1. The summed E-state index contributed by atoms with van der Waals surface area (Å²) in [6, 6.07) is 12.4. The number of nitrogens with zero attached hydrogens (tertiary/aromatic N) is 2. The standard InChI is InChI=1S/C15H15N3S/c1-10-8-14-16-11(2)13(15(19)18(14)17-10)9-12-6-4-3-5-7-12/h3-8,17H,9H2,1-2H3. The van der Waals surface area contributed by atoms with Crippen molar-refractivity contribution in [2.45, 2.75) is 20.3 Å². The van der Waals surface area contributed by atoms with Gasteiger partial charge in [-0.3, -0.25) is 5.10 Å². The van der Waals surface area contributed by atoms with Crippen molar-refractivity contribution in [1.82, 2.24) is 14.6 Å². The van der Waals surface area contributed by atoms with Gasteiger partial charge in [-0.25, -0.2) is 9.50 Å². The summed E-state index contributed by atoms with van der Waals surface area (Å²) in [7, 11) is 0. The van der Waals surface area contributed by atoms with Crippen molar-refractivity contribution in [2.24, 2.45) is 0 Å². The molecule has 0 saturated heterocycles. The van der Waals surface area contributed by atoms with Gasteiger partial charge in [-0.05, 0) is 19.4 Å². The van der Waals surface area contributed by atoms with E-state index < -0.39 is 0 Å². The molecule has 0 saturated carbocycles. The first-order valence-electron chi connectivity index (χ1n) is 6.27. The number of aromatic nitrogens is 3. The predicted octanol–water partition coefficient (Wildman–Crippen LogP) is 3.60. The van der Waals surface area contributed by atoms with Gasteiger partial charge in [-0.1, -0.05) is 42.5 Å². The van der Waals surface area contributed by atoms with Crippen LogP contribution in [0.3, 0.4) is 0 Å². The Morgan fingerprint density at radius 3 is 2.68 bits per heavy atom. The topological polar surface area (TPSA) is 33.1 Å². The van der Waals surface area contributed by atoms with Crippen LogP contribution in [0.5, 0.6) is 0 Å². The van der Waals surface area contributed by atoms with Crippen LogP contribution in [0.15, 0.2) is 36.4 Å². The summed E-state index contributed by atoms with van der Waals surface area (Å²) in [6.07, 6.45) is 0.819. The molecule has 19 heavy (non-hydrogen) atoms. The van der Waals surface area contributed by atoms with Crippen LogP contribution >= 0.6 is 12.2 Å². The number of aryl methyl sites for hydroxylation is 2. The molecule has 0 aliphatic heterocycles. The zero-order chi connectivity index (χ0) is 13.4. The van der Waals surface area contributed by atoms with E-state index in [4.69, 9.17) is 12.2 Å². The maximum Gasteiger partial charge on any atom is 0.154 e. The Bertz CT molecular complexity index is 784. The first-order chi connectivity index (χ1) is 9.15. The van der Waals surface area contributed by atoms with E-state index in [2.05, 4.69) is 22.2 Å². The highest BCUT2D eigenvalue weighted by Crippen LogP contribution is 2.16. The average Bonchev–Trinajstić information content (AvgIpc) is 2.76. The summed E-state index contributed by atoms with van der Waals surface area (Å²) in [5, 5.41) is 3.23. The molecule has 0 fully saturated rings. The zero-order valence-electron chi connectivity index (χ0n) is 11.0. The predicted molar refractivity (Wildman–Crippen MR) is 79.1 cm³/mol. The Morgan fingerprint density at radius 1 is 1.21 bits per heavy atom. The third-order valence-electron chi connectivity index (χ3n) is 3.27. The van der Waals surface area contributed by atoms with Crippen molar-refractivity contribution in [3.63, 3.8) is 0 Å². The van der Waals surface area contributed by atoms with Crippen LogP contribution in [0.25, 0.3) is 5.65 Å². The molecule has 1 N–H and O–H groups in total. The zero-order valence-corrected chi connectivity index (χ0v) is 11.8. The third-order valence-corrected chi connectivity index (χ3v) is 3.70. The van der Waals surface area contributed by atoms with Gasteiger partial charge in [0, 0.05) is 29.4 Å². The molecule has 0 aliphatic rings. The Morgan fingerprint density at radius 2 is 1.95 bits per heavy atom. The minimum Gasteiger partial charge on any atom is -0.296 e. The Kier molecular flexibility index (Phi) is 2.95. The second-order valence-electron chi connectivity index (χ2n) is 4.78. The van der Waals surface area contributed by atoms with Crippen LogP contribution in [0, 0.1) is 18.5 Å². The summed E-state index contributed by atoms with van der Waals surface area (Å²) >= 11 is 5.59. The number of aromatic amines is 1. The van der Waals surface area contributed by atoms with Crippen LogP contribution in [0.1, 0.15) is 22.5 Å². The Hall–Kier alpha value is -1.94. The maximum atomic E-state index is 5.59. The van der Waals surface area contributed by atoms with Crippen LogP contribution in [0.2, 0.25) is 0 Å². The molecule has 0 spiro atoms. The molecule has 0 unspecified atom stereocenters. The fourth-order valence-corrected chi connectivity index (χ4v) is 2.65. The van der Waals surface area contributed by atoms with Gasteiger partial charge in [0.25, 0.3) is 0 Å². The third kappa shape index (κ3) is 2.19. The normalized spacial score (nSPS) is 11.1. The van der Waals surface area contributed by atoms with Crippen molar-refractivity contribution >= 4 is 17.9 Å². The van der Waals surface area contributed by atoms with Gasteiger partial charge in [0.2, 0.25) is 0 Å². The van der Waals surface area contributed by atoms with Crippen molar-refractivity contribution in [1.29, 1.82) is 0 Å². The lowest BCUT2D eigenvalue weighted by Gasteiger charge is -2.07. The molecular formula is C15H15N3S. The van der Waals surface area contributed by atoms with E-state index in [1.807, 2.05) is 42.6 Å². The second kappa shape index (κ2) is 4.63. The van der Waals surface area contributed by atoms with Crippen molar-refractivity contribution < 1.29 is 0 Å². The van der Waals surface area contributed by atoms with E-state index in [0.29, 0.717) is 0 Å². The number of H-pyrrole nitrogens is 1. The van der Waals surface area contributed by atoms with E-state index in [1.54, 1.807) is 0 Å². The molecule has 2 heterocycles. The molecule has 0 radical (unpaired) electrons. The molecule has 3 nitrogen and oxygen atoms in total. The highest BCUT2D eigenvalue weighted by Gasteiger charge is 2.09. The van der Waals surface area contributed by atoms with Crippen LogP contribution in [-0.2, 0) is 6.42 Å². The van der Waals surface area contributed by atoms with E-state index in [0.717, 1.165) is 33.7 Å². The average molecular weight is 269 g/mol. The minimum atomic E-state index is 0.819. The first-order valence-corrected chi connectivity index (χ1v) is 6.68. The lowest BCUT2D eigenvalue weighted by molar-refractivity contribution is 0.871. The molecule has 3 aromatic rings.